The maximum Gasteiger partial charge on any atom is 0.163 e. The molecule has 2 spiro atoms. The lowest BCUT2D eigenvalue weighted by Crippen LogP contribution is -2.55. The smallest absolute Gasteiger partial charge is 0.163 e. The number of hydrogen-bond donors (Lipinski definition) is 0. The molecular weight excluding hydrogens is 308 g/mol. The first kappa shape index (κ1) is 17.0. The van der Waals surface area contributed by atoms with E-state index >= 15 is 0 Å². The van der Waals surface area contributed by atoms with E-state index in [4.69, 9.17) is 9.47 Å². The van der Waals surface area contributed by atoms with Crippen molar-refractivity contribution >= 4 is 0 Å². The molecule has 0 aromatic rings. The largest absolute Gasteiger partial charge is 0.347 e. The van der Waals surface area contributed by atoms with Crippen molar-refractivity contribution in [2.45, 2.75) is 104 Å². The topological polar surface area (TPSA) is 18.5 Å². The molecular formula is C23H38O2. The molecule has 0 aromatic carbocycles. The molecule has 0 radical (unpaired) electrons. The first-order valence-corrected chi connectivity index (χ1v) is 11.0. The van der Waals surface area contributed by atoms with Crippen molar-refractivity contribution in [3.8, 4) is 0 Å². The summed E-state index contributed by atoms with van der Waals surface area (Å²) < 4.78 is 12.7. The fourth-order valence-corrected chi connectivity index (χ4v) is 9.06. The summed E-state index contributed by atoms with van der Waals surface area (Å²) in [5.41, 5.74) is 1.68. The molecule has 0 N–H and O–H groups in total. The summed E-state index contributed by atoms with van der Waals surface area (Å²) in [6, 6.07) is 0. The van der Waals surface area contributed by atoms with Crippen LogP contribution in [0.2, 0.25) is 0 Å². The number of hydrogen-bond acceptors (Lipinski definition) is 2. The molecule has 4 aliphatic carbocycles. The minimum absolute atomic E-state index is 0.0334. The van der Waals surface area contributed by atoms with Crippen LogP contribution in [0.25, 0.3) is 0 Å². The zero-order chi connectivity index (χ0) is 17.7. The van der Waals surface area contributed by atoms with Gasteiger partial charge in [-0.15, -0.1) is 0 Å². The summed E-state index contributed by atoms with van der Waals surface area (Å²) in [5.74, 6) is 2.20. The molecule has 6 atom stereocenters. The van der Waals surface area contributed by atoms with Gasteiger partial charge in [-0.3, -0.25) is 0 Å². The van der Waals surface area contributed by atoms with E-state index in [0.29, 0.717) is 16.2 Å². The molecule has 0 amide bonds. The third-order valence-electron chi connectivity index (χ3n) is 9.71. The Morgan fingerprint density at radius 1 is 0.840 bits per heavy atom. The van der Waals surface area contributed by atoms with Crippen LogP contribution in [0.4, 0.5) is 0 Å². The molecule has 1 saturated heterocycles. The Bertz CT molecular complexity index is 581. The minimum atomic E-state index is -0.377. The van der Waals surface area contributed by atoms with Gasteiger partial charge in [0.1, 0.15) is 0 Å². The van der Waals surface area contributed by atoms with Gasteiger partial charge in [-0.1, -0.05) is 27.2 Å². The minimum Gasteiger partial charge on any atom is -0.347 e. The van der Waals surface area contributed by atoms with E-state index in [1.807, 2.05) is 0 Å². The lowest BCUT2D eigenvalue weighted by Gasteiger charge is -2.64. The highest BCUT2D eigenvalue weighted by Gasteiger charge is 2.69. The van der Waals surface area contributed by atoms with Gasteiger partial charge in [0.25, 0.3) is 0 Å². The number of rotatable bonds is 0. The van der Waals surface area contributed by atoms with Crippen molar-refractivity contribution in [2.75, 3.05) is 6.61 Å². The predicted octanol–water partition coefficient (Wildman–Crippen LogP) is 5.94. The Hall–Kier alpha value is -0.0800. The van der Waals surface area contributed by atoms with E-state index in [2.05, 4.69) is 34.6 Å². The van der Waals surface area contributed by atoms with Crippen molar-refractivity contribution in [2.24, 2.45) is 34.0 Å². The van der Waals surface area contributed by atoms with Crippen LogP contribution >= 0.6 is 0 Å². The fraction of sp³-hybridized carbons (Fsp3) is 1.00. The normalized spacial score (nSPS) is 55.8. The van der Waals surface area contributed by atoms with Crippen LogP contribution in [0.5, 0.6) is 0 Å². The van der Waals surface area contributed by atoms with Crippen LogP contribution in [0.1, 0.15) is 92.4 Å². The molecule has 2 bridgehead atoms. The summed E-state index contributed by atoms with van der Waals surface area (Å²) in [4.78, 5) is 0. The molecule has 5 rings (SSSR count). The van der Waals surface area contributed by atoms with Gasteiger partial charge in [0.2, 0.25) is 0 Å². The van der Waals surface area contributed by atoms with Gasteiger partial charge in [0, 0.05) is 0 Å². The summed E-state index contributed by atoms with van der Waals surface area (Å²) in [7, 11) is 0. The molecule has 5 fully saturated rings. The van der Waals surface area contributed by atoms with Gasteiger partial charge in [0.05, 0.1) is 12.2 Å². The quantitative estimate of drug-likeness (QED) is 0.540. The maximum atomic E-state index is 6.64. The van der Waals surface area contributed by atoms with Crippen LogP contribution in [0, 0.1) is 34.0 Å². The first-order chi connectivity index (χ1) is 11.6. The average Bonchev–Trinajstić information content (AvgIpc) is 2.91. The molecule has 25 heavy (non-hydrogen) atoms. The highest BCUT2D eigenvalue weighted by molar-refractivity contribution is 5.18. The van der Waals surface area contributed by atoms with E-state index < -0.39 is 0 Å². The number of ether oxygens (including phenoxy) is 2. The van der Waals surface area contributed by atoms with Gasteiger partial charge in [0.15, 0.2) is 5.79 Å². The third kappa shape index (κ3) is 2.16. The van der Waals surface area contributed by atoms with Crippen LogP contribution < -0.4 is 0 Å². The third-order valence-corrected chi connectivity index (χ3v) is 9.71. The van der Waals surface area contributed by atoms with Gasteiger partial charge in [-0.05, 0) is 99.2 Å². The molecule has 2 nitrogen and oxygen atoms in total. The van der Waals surface area contributed by atoms with Crippen LogP contribution in [0.15, 0.2) is 0 Å². The lowest BCUT2D eigenvalue weighted by molar-refractivity contribution is -0.170. The molecule has 1 heterocycles. The zero-order valence-electron chi connectivity index (χ0n) is 17.1. The van der Waals surface area contributed by atoms with E-state index in [1.165, 1.54) is 57.8 Å². The highest BCUT2D eigenvalue weighted by atomic mass is 16.8. The van der Waals surface area contributed by atoms with Gasteiger partial charge < -0.3 is 9.47 Å². The van der Waals surface area contributed by atoms with E-state index in [-0.39, 0.29) is 11.4 Å². The summed E-state index contributed by atoms with van der Waals surface area (Å²) in [5, 5.41) is 0. The van der Waals surface area contributed by atoms with Crippen molar-refractivity contribution in [3.63, 3.8) is 0 Å². The molecule has 1 unspecified atom stereocenters. The van der Waals surface area contributed by atoms with Gasteiger partial charge in [-0.2, -0.15) is 0 Å². The second kappa shape index (κ2) is 4.85. The second-order valence-electron chi connectivity index (χ2n) is 11.9. The van der Waals surface area contributed by atoms with E-state index in [0.717, 1.165) is 24.4 Å². The molecule has 2 heteroatoms. The van der Waals surface area contributed by atoms with Gasteiger partial charge >= 0.3 is 0 Å². The monoisotopic (exact) mass is 346 g/mol. The van der Waals surface area contributed by atoms with Crippen LogP contribution in [-0.4, -0.2) is 18.0 Å². The molecule has 0 aromatic heterocycles. The first-order valence-electron chi connectivity index (χ1n) is 11.0. The van der Waals surface area contributed by atoms with Crippen molar-refractivity contribution in [3.05, 3.63) is 0 Å². The molecule has 5 aliphatic rings. The van der Waals surface area contributed by atoms with Crippen LogP contribution in [0.3, 0.4) is 0 Å². The van der Waals surface area contributed by atoms with Gasteiger partial charge in [-0.25, -0.2) is 0 Å². The van der Waals surface area contributed by atoms with Crippen LogP contribution in [-0.2, 0) is 9.47 Å². The Kier molecular flexibility index (Phi) is 3.30. The summed E-state index contributed by atoms with van der Waals surface area (Å²) in [6.07, 6.45) is 12.7. The fourth-order valence-electron chi connectivity index (χ4n) is 9.06. The standard InChI is InChI=1S/C23H38O2/c1-19(2)10-6-11-21(5)17(19)9-12-22-13-16(7-8-18(21)22)23(14-22)15-24-20(3,4)25-23/h16-18H,6-15H2,1-5H3/t16?,17-,18+,21-,22+,23+/m1/s1. The molecule has 1 aliphatic heterocycles. The predicted molar refractivity (Wildman–Crippen MR) is 100 cm³/mol. The van der Waals surface area contributed by atoms with E-state index in [9.17, 15) is 0 Å². The Labute approximate surface area is 154 Å². The number of fused-ring (bicyclic) bond motifs is 4. The molecule has 142 valence electrons. The SMILES string of the molecule is CC1(C)OC[C@]2(C[C@@]34CC[C@@H]5C(C)(C)CCC[C@@]5(C)[C@@H]3CCC2C4)O1. The average molecular weight is 347 g/mol. The highest BCUT2D eigenvalue weighted by Crippen LogP contribution is 2.74. The zero-order valence-corrected chi connectivity index (χ0v) is 17.1. The lowest BCUT2D eigenvalue weighted by atomic mass is 9.41. The van der Waals surface area contributed by atoms with Crippen molar-refractivity contribution in [1.29, 1.82) is 0 Å². The second-order valence-corrected chi connectivity index (χ2v) is 11.9. The summed E-state index contributed by atoms with van der Waals surface area (Å²) >= 11 is 0. The Balaban J connectivity index is 1.50. The Morgan fingerprint density at radius 2 is 1.64 bits per heavy atom. The van der Waals surface area contributed by atoms with E-state index in [1.54, 1.807) is 0 Å². The maximum absolute atomic E-state index is 6.64. The van der Waals surface area contributed by atoms with Crippen molar-refractivity contribution < 1.29 is 9.47 Å². The van der Waals surface area contributed by atoms with Crippen molar-refractivity contribution in [1.82, 2.24) is 0 Å². The Morgan fingerprint density at radius 3 is 2.36 bits per heavy atom. The molecule has 4 saturated carbocycles. The summed E-state index contributed by atoms with van der Waals surface area (Å²) in [6.45, 7) is 12.9.